The second kappa shape index (κ2) is 7.08. The van der Waals surface area contributed by atoms with E-state index >= 15 is 0 Å². The Morgan fingerprint density at radius 2 is 2.00 bits per heavy atom. The number of aryl methyl sites for hydroxylation is 3. The molecule has 5 nitrogen and oxygen atoms in total. The molecule has 0 amide bonds. The molecule has 1 aliphatic rings. The molecule has 0 bridgehead atoms. The first kappa shape index (κ1) is 17.6. The summed E-state index contributed by atoms with van der Waals surface area (Å²) in [4.78, 5) is 2.34. The molecule has 1 N–H and O–H groups in total. The number of hydrogen-bond donors (Lipinski definition) is 1. The number of phenolic OH excluding ortho intramolecular Hbond substituents is 1. The highest BCUT2D eigenvalue weighted by Gasteiger charge is 2.21. The van der Waals surface area contributed by atoms with Gasteiger partial charge in [0.1, 0.15) is 6.61 Å². The summed E-state index contributed by atoms with van der Waals surface area (Å²) in [7, 11) is 1.95. The summed E-state index contributed by atoms with van der Waals surface area (Å²) in [5.74, 6) is 0.822. The van der Waals surface area contributed by atoms with E-state index in [4.69, 9.17) is 4.74 Å². The van der Waals surface area contributed by atoms with Gasteiger partial charge in [0.2, 0.25) is 0 Å². The van der Waals surface area contributed by atoms with Crippen molar-refractivity contribution in [1.29, 1.82) is 0 Å². The second-order valence-electron chi connectivity index (χ2n) is 7.27. The van der Waals surface area contributed by atoms with Gasteiger partial charge >= 0.3 is 0 Å². The topological polar surface area (TPSA) is 50.5 Å². The van der Waals surface area contributed by atoms with Crippen molar-refractivity contribution >= 4 is 0 Å². The van der Waals surface area contributed by atoms with Crippen molar-refractivity contribution in [3.8, 4) is 22.6 Å². The molecule has 1 aromatic heterocycles. The molecule has 0 spiro atoms. The zero-order valence-corrected chi connectivity index (χ0v) is 16.1. The lowest BCUT2D eigenvalue weighted by Crippen LogP contribution is -2.25. The summed E-state index contributed by atoms with van der Waals surface area (Å²) in [5, 5.41) is 15.0. The quantitative estimate of drug-likeness (QED) is 0.769. The molecule has 0 aliphatic carbocycles. The molecule has 2 heterocycles. The lowest BCUT2D eigenvalue weighted by atomic mass is 9.98. The number of hydrogen-bond acceptors (Lipinski definition) is 4. The molecule has 0 saturated heterocycles. The number of aromatic hydroxyl groups is 1. The molecule has 0 atom stereocenters. The molecule has 5 heteroatoms. The van der Waals surface area contributed by atoms with Crippen LogP contribution in [0.4, 0.5) is 0 Å². The highest BCUT2D eigenvalue weighted by Crippen LogP contribution is 2.38. The first-order chi connectivity index (χ1) is 13.0. The maximum atomic E-state index is 10.6. The average Bonchev–Trinajstić information content (AvgIpc) is 2.82. The Morgan fingerprint density at radius 3 is 2.74 bits per heavy atom. The van der Waals surface area contributed by atoms with E-state index < -0.39 is 0 Å². The lowest BCUT2D eigenvalue weighted by molar-refractivity contribution is 0.217. The Balaban J connectivity index is 1.67. The molecule has 0 fully saturated rings. The van der Waals surface area contributed by atoms with Crippen LogP contribution < -0.4 is 4.74 Å². The second-order valence-corrected chi connectivity index (χ2v) is 7.27. The van der Waals surface area contributed by atoms with Crippen LogP contribution >= 0.6 is 0 Å². The standard InChI is InChI=1S/C22H25N3O2/c1-15-6-4-5-7-20(15)17-10-18-13-25(8-9-27-22(18)21(26)11-17)14-19-12-24(3)23-16(19)2/h4-7,10-12,26H,8-9,13-14H2,1-3H3. The van der Waals surface area contributed by atoms with Gasteiger partial charge in [-0.2, -0.15) is 5.10 Å². The Bertz CT molecular complexity index is 978. The first-order valence-corrected chi connectivity index (χ1v) is 9.27. The van der Waals surface area contributed by atoms with E-state index in [9.17, 15) is 5.11 Å². The van der Waals surface area contributed by atoms with E-state index in [-0.39, 0.29) is 5.75 Å². The van der Waals surface area contributed by atoms with Gasteiger partial charge in [0.25, 0.3) is 0 Å². The molecule has 3 aromatic rings. The molecule has 1 aliphatic heterocycles. The summed E-state index contributed by atoms with van der Waals surface area (Å²) >= 11 is 0. The number of benzene rings is 2. The predicted molar refractivity (Wildman–Crippen MR) is 106 cm³/mol. The Hall–Kier alpha value is -2.79. The highest BCUT2D eigenvalue weighted by atomic mass is 16.5. The molecule has 0 radical (unpaired) electrons. The largest absolute Gasteiger partial charge is 0.504 e. The number of fused-ring (bicyclic) bond motifs is 1. The monoisotopic (exact) mass is 363 g/mol. The van der Waals surface area contributed by atoms with Crippen molar-refractivity contribution in [2.75, 3.05) is 13.2 Å². The van der Waals surface area contributed by atoms with Gasteiger partial charge in [-0.1, -0.05) is 24.3 Å². The van der Waals surface area contributed by atoms with Crippen LogP contribution in [0.2, 0.25) is 0 Å². The Labute approximate surface area is 159 Å². The molecular weight excluding hydrogens is 338 g/mol. The van der Waals surface area contributed by atoms with Crippen molar-refractivity contribution in [2.24, 2.45) is 7.05 Å². The smallest absolute Gasteiger partial charge is 0.165 e. The SMILES string of the molecule is Cc1ccccc1-c1cc(O)c2c(c1)CN(Cc1cn(C)nc1C)CCO2. The summed E-state index contributed by atoms with van der Waals surface area (Å²) in [6, 6.07) is 12.2. The van der Waals surface area contributed by atoms with Gasteiger partial charge in [0.15, 0.2) is 11.5 Å². The minimum absolute atomic E-state index is 0.213. The third-order valence-corrected chi connectivity index (χ3v) is 5.16. The van der Waals surface area contributed by atoms with E-state index in [2.05, 4.69) is 41.3 Å². The normalized spacial score (nSPS) is 14.5. The van der Waals surface area contributed by atoms with E-state index in [1.807, 2.05) is 36.9 Å². The minimum Gasteiger partial charge on any atom is -0.504 e. The van der Waals surface area contributed by atoms with Gasteiger partial charge in [-0.25, -0.2) is 0 Å². The number of ether oxygens (including phenoxy) is 1. The van der Waals surface area contributed by atoms with E-state index in [0.717, 1.165) is 42.0 Å². The highest BCUT2D eigenvalue weighted by molar-refractivity contribution is 5.71. The van der Waals surface area contributed by atoms with Gasteiger partial charge < -0.3 is 9.84 Å². The lowest BCUT2D eigenvalue weighted by Gasteiger charge is -2.19. The fourth-order valence-electron chi connectivity index (χ4n) is 3.79. The molecule has 140 valence electrons. The van der Waals surface area contributed by atoms with Crippen LogP contribution in [0, 0.1) is 13.8 Å². The molecule has 2 aromatic carbocycles. The van der Waals surface area contributed by atoms with Crippen molar-refractivity contribution in [1.82, 2.24) is 14.7 Å². The van der Waals surface area contributed by atoms with Gasteiger partial charge in [-0.05, 0) is 42.7 Å². The Morgan fingerprint density at radius 1 is 1.19 bits per heavy atom. The maximum Gasteiger partial charge on any atom is 0.165 e. The van der Waals surface area contributed by atoms with Crippen LogP contribution in [0.15, 0.2) is 42.6 Å². The summed E-state index contributed by atoms with van der Waals surface area (Å²) in [6.45, 7) is 7.05. The summed E-state index contributed by atoms with van der Waals surface area (Å²) in [6.07, 6.45) is 2.07. The third kappa shape index (κ3) is 3.55. The zero-order valence-electron chi connectivity index (χ0n) is 16.1. The van der Waals surface area contributed by atoms with Gasteiger partial charge in [0.05, 0.1) is 5.69 Å². The van der Waals surface area contributed by atoms with E-state index in [1.54, 1.807) is 0 Å². The summed E-state index contributed by atoms with van der Waals surface area (Å²) in [5.41, 5.74) is 6.64. The Kier molecular flexibility index (Phi) is 4.62. The van der Waals surface area contributed by atoms with Crippen LogP contribution in [0.25, 0.3) is 11.1 Å². The molecule has 27 heavy (non-hydrogen) atoms. The van der Waals surface area contributed by atoms with E-state index in [0.29, 0.717) is 12.4 Å². The van der Waals surface area contributed by atoms with Gasteiger partial charge in [-0.3, -0.25) is 9.58 Å². The fourth-order valence-corrected chi connectivity index (χ4v) is 3.79. The van der Waals surface area contributed by atoms with Crippen molar-refractivity contribution in [3.05, 3.63) is 65.0 Å². The number of aromatic nitrogens is 2. The van der Waals surface area contributed by atoms with Crippen LogP contribution in [0.3, 0.4) is 0 Å². The van der Waals surface area contributed by atoms with Crippen molar-refractivity contribution in [3.63, 3.8) is 0 Å². The molecule has 4 rings (SSSR count). The predicted octanol–water partition coefficient (Wildman–Crippen LogP) is 3.80. The van der Waals surface area contributed by atoms with Crippen LogP contribution in [-0.4, -0.2) is 32.9 Å². The maximum absolute atomic E-state index is 10.6. The van der Waals surface area contributed by atoms with Crippen LogP contribution in [0.1, 0.15) is 22.4 Å². The number of nitrogens with zero attached hydrogens (tertiary/aromatic N) is 3. The average molecular weight is 363 g/mol. The first-order valence-electron chi connectivity index (χ1n) is 9.27. The zero-order chi connectivity index (χ0) is 19.0. The third-order valence-electron chi connectivity index (χ3n) is 5.16. The fraction of sp³-hybridized carbons (Fsp3) is 0.318. The van der Waals surface area contributed by atoms with E-state index in [1.165, 1.54) is 11.1 Å². The minimum atomic E-state index is 0.213. The molecule has 0 saturated carbocycles. The van der Waals surface area contributed by atoms with Crippen molar-refractivity contribution in [2.45, 2.75) is 26.9 Å². The van der Waals surface area contributed by atoms with Gasteiger partial charge in [0, 0.05) is 44.0 Å². The summed E-state index contributed by atoms with van der Waals surface area (Å²) < 4.78 is 7.75. The molecular formula is C22H25N3O2. The molecule has 0 unspecified atom stereocenters. The van der Waals surface area contributed by atoms with Gasteiger partial charge in [-0.15, -0.1) is 0 Å². The van der Waals surface area contributed by atoms with Crippen LogP contribution in [-0.2, 0) is 20.1 Å². The van der Waals surface area contributed by atoms with Crippen LogP contribution in [0.5, 0.6) is 11.5 Å². The van der Waals surface area contributed by atoms with Crippen molar-refractivity contribution < 1.29 is 9.84 Å². The number of rotatable bonds is 3. The number of phenols is 1.